The van der Waals surface area contributed by atoms with Crippen LogP contribution >= 0.6 is 0 Å². The molecule has 2 nitrogen and oxygen atoms in total. The molecular weight excluding hydrogens is 416 g/mol. The summed E-state index contributed by atoms with van der Waals surface area (Å²) in [5, 5.41) is 0. The molecule has 9 atom stereocenters. The Bertz CT molecular complexity index is 927. The molecule has 0 aliphatic heterocycles. The van der Waals surface area contributed by atoms with E-state index in [2.05, 4.69) is 61.1 Å². The van der Waals surface area contributed by atoms with E-state index in [0.29, 0.717) is 39.9 Å². The third-order valence-electron chi connectivity index (χ3n) is 13.2. The van der Waals surface area contributed by atoms with Crippen molar-refractivity contribution in [3.05, 3.63) is 23.8 Å². The molecule has 0 aromatic carbocycles. The zero-order valence-electron chi connectivity index (χ0n) is 23.4. The lowest BCUT2D eigenvalue weighted by Gasteiger charge is -2.71. The van der Waals surface area contributed by atoms with Crippen molar-refractivity contribution in [2.45, 2.75) is 119 Å². The van der Waals surface area contributed by atoms with Crippen LogP contribution in [0.4, 0.5) is 0 Å². The molecule has 0 aromatic rings. The van der Waals surface area contributed by atoms with Gasteiger partial charge in [-0.1, -0.05) is 72.3 Å². The maximum atomic E-state index is 11.9. The van der Waals surface area contributed by atoms with Gasteiger partial charge in [0.25, 0.3) is 0 Å². The van der Waals surface area contributed by atoms with Gasteiger partial charge in [-0.3, -0.25) is 4.79 Å². The van der Waals surface area contributed by atoms with E-state index in [1.807, 2.05) is 5.57 Å². The Morgan fingerprint density at radius 1 is 0.971 bits per heavy atom. The first-order chi connectivity index (χ1) is 15.7. The molecule has 4 fully saturated rings. The lowest BCUT2D eigenvalue weighted by molar-refractivity contribution is -0.211. The smallest absolute Gasteiger partial charge is 0.302 e. The van der Waals surface area contributed by atoms with Crippen molar-refractivity contribution in [1.29, 1.82) is 0 Å². The Morgan fingerprint density at radius 2 is 1.68 bits per heavy atom. The maximum absolute atomic E-state index is 11.9. The molecule has 0 aromatic heterocycles. The largest absolute Gasteiger partial charge is 0.462 e. The Hall–Kier alpha value is -1.05. The Labute approximate surface area is 209 Å². The third kappa shape index (κ3) is 3.02. The van der Waals surface area contributed by atoms with Crippen LogP contribution in [0.2, 0.25) is 0 Å². The second-order valence-corrected chi connectivity index (χ2v) is 14.8. The number of esters is 1. The molecule has 0 bridgehead atoms. The highest BCUT2D eigenvalue weighted by molar-refractivity contribution is 5.66. The van der Waals surface area contributed by atoms with E-state index in [4.69, 9.17) is 4.74 Å². The molecule has 5 rings (SSSR count). The summed E-state index contributed by atoms with van der Waals surface area (Å²) >= 11 is 0. The molecule has 190 valence electrons. The van der Waals surface area contributed by atoms with E-state index in [-0.39, 0.29) is 22.9 Å². The van der Waals surface area contributed by atoms with Crippen LogP contribution in [0, 0.1) is 50.7 Å². The minimum absolute atomic E-state index is 0.0334. The van der Waals surface area contributed by atoms with Crippen molar-refractivity contribution in [1.82, 2.24) is 0 Å². The molecule has 0 N–H and O–H groups in total. The van der Waals surface area contributed by atoms with Crippen molar-refractivity contribution in [2.24, 2.45) is 50.7 Å². The summed E-state index contributed by atoms with van der Waals surface area (Å²) in [4.78, 5) is 11.9. The van der Waals surface area contributed by atoms with Gasteiger partial charge in [0, 0.05) is 12.3 Å². The van der Waals surface area contributed by atoms with Crippen LogP contribution in [0.3, 0.4) is 0 Å². The summed E-state index contributed by atoms with van der Waals surface area (Å²) in [5.74, 6) is 2.48. The van der Waals surface area contributed by atoms with E-state index in [1.54, 1.807) is 6.92 Å². The van der Waals surface area contributed by atoms with Crippen LogP contribution in [-0.4, -0.2) is 12.1 Å². The third-order valence-corrected chi connectivity index (χ3v) is 13.2. The number of allylic oxidation sites excluding steroid dienone is 3. The Kier molecular flexibility index (Phi) is 5.42. The van der Waals surface area contributed by atoms with Gasteiger partial charge in [-0.15, -0.1) is 0 Å². The van der Waals surface area contributed by atoms with Crippen molar-refractivity contribution in [3.63, 3.8) is 0 Å². The second kappa shape index (κ2) is 7.48. The van der Waals surface area contributed by atoms with Crippen LogP contribution < -0.4 is 0 Å². The van der Waals surface area contributed by atoms with Crippen molar-refractivity contribution < 1.29 is 9.53 Å². The van der Waals surface area contributed by atoms with Gasteiger partial charge in [0.1, 0.15) is 6.10 Å². The van der Waals surface area contributed by atoms with Crippen LogP contribution in [0.25, 0.3) is 0 Å². The quantitative estimate of drug-likeness (QED) is 0.286. The average molecular weight is 467 g/mol. The first-order valence-corrected chi connectivity index (χ1v) is 14.3. The predicted molar refractivity (Wildman–Crippen MR) is 140 cm³/mol. The molecular formula is C32H50O2. The van der Waals surface area contributed by atoms with Crippen molar-refractivity contribution in [3.8, 4) is 0 Å². The van der Waals surface area contributed by atoms with Gasteiger partial charge >= 0.3 is 5.97 Å². The summed E-state index contributed by atoms with van der Waals surface area (Å²) < 4.78 is 5.90. The van der Waals surface area contributed by atoms with E-state index in [9.17, 15) is 4.79 Å². The lowest BCUT2D eigenvalue weighted by atomic mass is 9.33. The lowest BCUT2D eigenvalue weighted by Crippen LogP contribution is -2.64. The molecule has 0 heterocycles. The first-order valence-electron chi connectivity index (χ1n) is 14.3. The van der Waals surface area contributed by atoms with E-state index in [0.717, 1.165) is 6.42 Å². The molecule has 4 saturated carbocycles. The fourth-order valence-corrected chi connectivity index (χ4v) is 11.0. The molecule has 5 aliphatic carbocycles. The molecule has 0 unspecified atom stereocenters. The zero-order valence-corrected chi connectivity index (χ0v) is 23.4. The van der Waals surface area contributed by atoms with Gasteiger partial charge in [0.05, 0.1) is 0 Å². The highest BCUT2D eigenvalue weighted by atomic mass is 16.5. The van der Waals surface area contributed by atoms with Crippen LogP contribution in [0.15, 0.2) is 23.8 Å². The highest BCUT2D eigenvalue weighted by Gasteiger charge is 2.68. The van der Waals surface area contributed by atoms with Gasteiger partial charge in [0.15, 0.2) is 0 Å². The van der Waals surface area contributed by atoms with Gasteiger partial charge in [0.2, 0.25) is 0 Å². The molecule has 2 heteroatoms. The number of rotatable bonds is 1. The van der Waals surface area contributed by atoms with Crippen molar-refractivity contribution in [2.75, 3.05) is 0 Å². The number of hydrogen-bond donors (Lipinski definition) is 0. The minimum Gasteiger partial charge on any atom is -0.462 e. The Balaban J connectivity index is 1.55. The van der Waals surface area contributed by atoms with Crippen molar-refractivity contribution >= 4 is 5.97 Å². The van der Waals surface area contributed by atoms with E-state index < -0.39 is 0 Å². The summed E-state index contributed by atoms with van der Waals surface area (Å²) in [6.45, 7) is 23.9. The fourth-order valence-electron chi connectivity index (χ4n) is 11.0. The molecule has 0 spiro atoms. The highest BCUT2D eigenvalue weighted by Crippen LogP contribution is 2.75. The second-order valence-electron chi connectivity index (χ2n) is 14.8. The summed E-state index contributed by atoms with van der Waals surface area (Å²) in [7, 11) is 0. The average Bonchev–Trinajstić information content (AvgIpc) is 2.74. The van der Waals surface area contributed by atoms with Gasteiger partial charge in [-0.05, 0) is 103 Å². The SMILES string of the molecule is C=C1CC[C@]2(C)CC[C@]3(C)C(=CC[C@@H]4[C@@]5(C)CC[C@H](OC(C)=O)C(C)(C)[C@@H]5CC[C@]43C)[C@H]2[C@H]1C. The van der Waals surface area contributed by atoms with Crippen LogP contribution in [0.5, 0.6) is 0 Å². The van der Waals surface area contributed by atoms with Gasteiger partial charge in [-0.25, -0.2) is 0 Å². The molecule has 0 radical (unpaired) electrons. The fraction of sp³-hybridized carbons (Fsp3) is 0.844. The maximum Gasteiger partial charge on any atom is 0.302 e. The monoisotopic (exact) mass is 466 g/mol. The van der Waals surface area contributed by atoms with E-state index >= 15 is 0 Å². The summed E-state index contributed by atoms with van der Waals surface area (Å²) in [6.07, 6.45) is 14.1. The number of hydrogen-bond acceptors (Lipinski definition) is 2. The molecule has 5 aliphatic rings. The normalized spacial score (nSPS) is 51.8. The van der Waals surface area contributed by atoms with Crippen LogP contribution in [0.1, 0.15) is 113 Å². The predicted octanol–water partition coefficient (Wildman–Crippen LogP) is 8.52. The standard InChI is InChI=1S/C32H50O2/c1-20-12-15-29(6)18-19-31(8)23(27(29)21(20)2)10-11-25-30(7)16-14-26(34-22(3)33)28(4,5)24(30)13-17-32(25,31)9/h10,21,24-27H,1,11-19H2,2-9H3/t21-,24-,25+,26-,27+,29+,30-,31+,32+/m0/s1. The van der Waals surface area contributed by atoms with Gasteiger partial charge in [-0.2, -0.15) is 0 Å². The summed E-state index contributed by atoms with van der Waals surface area (Å²) in [5.41, 5.74) is 4.71. The molecule has 0 saturated heterocycles. The minimum atomic E-state index is -0.117. The van der Waals surface area contributed by atoms with Gasteiger partial charge < -0.3 is 4.74 Å². The topological polar surface area (TPSA) is 26.3 Å². The summed E-state index contributed by atoms with van der Waals surface area (Å²) in [6, 6.07) is 0. The molecule has 34 heavy (non-hydrogen) atoms. The zero-order chi connectivity index (χ0) is 24.9. The number of carbonyl (C=O) groups excluding carboxylic acids is 1. The van der Waals surface area contributed by atoms with E-state index in [1.165, 1.54) is 56.9 Å². The molecule has 0 amide bonds. The number of ether oxygens (including phenoxy) is 1. The van der Waals surface area contributed by atoms with Crippen LogP contribution in [-0.2, 0) is 9.53 Å². The number of fused-ring (bicyclic) bond motifs is 7. The first kappa shape index (κ1) is 24.6. The Morgan fingerprint density at radius 3 is 2.35 bits per heavy atom. The number of carbonyl (C=O) groups is 1.